The van der Waals surface area contributed by atoms with Gasteiger partial charge in [0.1, 0.15) is 5.82 Å². The van der Waals surface area contributed by atoms with E-state index < -0.39 is 6.55 Å². The van der Waals surface area contributed by atoms with Crippen LogP contribution < -0.4 is 0 Å². The summed E-state index contributed by atoms with van der Waals surface area (Å²) in [6.07, 6.45) is 6.08. The predicted molar refractivity (Wildman–Crippen MR) is 72.4 cm³/mol. The highest BCUT2D eigenvalue weighted by Crippen LogP contribution is 2.25. The van der Waals surface area contributed by atoms with Crippen molar-refractivity contribution in [3.8, 4) is 0 Å². The van der Waals surface area contributed by atoms with Crippen molar-refractivity contribution < 1.29 is 18.1 Å². The molecule has 1 aliphatic carbocycles. The van der Waals surface area contributed by atoms with E-state index in [0.29, 0.717) is 0 Å². The number of halogens is 2. The molecule has 2 aromatic rings. The predicted octanol–water partition coefficient (Wildman–Crippen LogP) is 2.42. The van der Waals surface area contributed by atoms with Gasteiger partial charge in [-0.25, -0.2) is 4.98 Å². The fourth-order valence-electron chi connectivity index (χ4n) is 2.66. The van der Waals surface area contributed by atoms with Crippen molar-refractivity contribution in [3.05, 3.63) is 35.2 Å². The molecule has 1 aliphatic rings. The van der Waals surface area contributed by atoms with Crippen LogP contribution in [0.4, 0.5) is 8.78 Å². The Hall–Kier alpha value is -2.25. The van der Waals surface area contributed by atoms with Crippen molar-refractivity contribution in [1.29, 1.82) is 0 Å². The molecule has 0 N–H and O–H groups in total. The zero-order valence-electron chi connectivity index (χ0n) is 12.1. The van der Waals surface area contributed by atoms with Gasteiger partial charge in [0.15, 0.2) is 0 Å². The molecule has 8 heteroatoms. The second-order valence-corrected chi connectivity index (χ2v) is 5.33. The number of hydrogen-bond acceptors (Lipinski definition) is 4. The lowest BCUT2D eigenvalue weighted by molar-refractivity contribution is 0.0601. The highest BCUT2D eigenvalue weighted by Gasteiger charge is 2.27. The summed E-state index contributed by atoms with van der Waals surface area (Å²) in [6.45, 7) is -2.70. The van der Waals surface area contributed by atoms with E-state index in [1.54, 1.807) is 0 Å². The molecule has 0 fully saturated rings. The molecule has 3 rings (SSSR count). The first kappa shape index (κ1) is 14.7. The molecule has 22 heavy (non-hydrogen) atoms. The highest BCUT2D eigenvalue weighted by molar-refractivity contribution is 5.92. The van der Waals surface area contributed by atoms with Gasteiger partial charge in [-0.05, 0) is 25.7 Å². The van der Waals surface area contributed by atoms with Crippen LogP contribution in [-0.2, 0) is 19.4 Å². The molecule has 0 bridgehead atoms. The number of nitrogens with zero attached hydrogens (tertiary/aromatic N) is 4. The van der Waals surface area contributed by atoms with Crippen molar-refractivity contribution in [3.63, 3.8) is 0 Å². The molecule has 0 aromatic carbocycles. The second-order valence-electron chi connectivity index (χ2n) is 5.33. The third-order valence-corrected chi connectivity index (χ3v) is 3.84. The van der Waals surface area contributed by atoms with Gasteiger partial charge in [-0.2, -0.15) is 8.78 Å². The van der Waals surface area contributed by atoms with E-state index in [2.05, 4.69) is 10.1 Å². The van der Waals surface area contributed by atoms with Gasteiger partial charge in [-0.15, -0.1) is 0 Å². The topological polar surface area (TPSA) is 64.2 Å². The van der Waals surface area contributed by atoms with Gasteiger partial charge in [0.25, 0.3) is 5.91 Å². The Morgan fingerprint density at radius 3 is 3.00 bits per heavy atom. The van der Waals surface area contributed by atoms with E-state index in [1.165, 1.54) is 24.3 Å². The molecule has 0 unspecified atom stereocenters. The Labute approximate surface area is 125 Å². The summed E-state index contributed by atoms with van der Waals surface area (Å²) in [5, 5.41) is 3.94. The molecular weight excluding hydrogens is 294 g/mol. The Morgan fingerprint density at radius 1 is 1.45 bits per heavy atom. The molecule has 0 aliphatic heterocycles. The van der Waals surface area contributed by atoms with Gasteiger partial charge in [0.05, 0.1) is 12.2 Å². The number of carbonyl (C=O) groups is 1. The summed E-state index contributed by atoms with van der Waals surface area (Å²) >= 11 is 0. The molecule has 118 valence electrons. The maximum atomic E-state index is 12.8. The monoisotopic (exact) mass is 310 g/mol. The fourth-order valence-corrected chi connectivity index (χ4v) is 2.66. The average Bonchev–Trinajstić information content (AvgIpc) is 3.12. The second kappa shape index (κ2) is 5.86. The normalized spacial score (nSPS) is 14.2. The average molecular weight is 310 g/mol. The lowest BCUT2D eigenvalue weighted by atomic mass is 9.96. The maximum Gasteiger partial charge on any atom is 0.319 e. The molecule has 0 saturated heterocycles. The molecule has 0 atom stereocenters. The van der Waals surface area contributed by atoms with Crippen LogP contribution in [0, 0.1) is 0 Å². The summed E-state index contributed by atoms with van der Waals surface area (Å²) in [6, 6.07) is 0. The first-order valence-corrected chi connectivity index (χ1v) is 7.10. The number of fused-ring (bicyclic) bond motifs is 1. The number of aromatic nitrogens is 3. The minimum absolute atomic E-state index is 0.0222. The smallest absolute Gasteiger partial charge is 0.319 e. The summed E-state index contributed by atoms with van der Waals surface area (Å²) in [5.41, 5.74) is 1.68. The molecule has 0 saturated carbocycles. The van der Waals surface area contributed by atoms with E-state index >= 15 is 0 Å². The van der Waals surface area contributed by atoms with Crippen LogP contribution in [0.15, 0.2) is 16.9 Å². The molecular formula is C14H16F2N4O2. The number of amides is 1. The first-order valence-electron chi connectivity index (χ1n) is 7.10. The van der Waals surface area contributed by atoms with E-state index in [-0.39, 0.29) is 24.0 Å². The number of alkyl halides is 2. The number of imidazole rings is 1. The highest BCUT2D eigenvalue weighted by atomic mass is 19.3. The molecule has 1 amide bonds. The molecule has 2 heterocycles. The third kappa shape index (κ3) is 2.60. The Bertz CT molecular complexity index is 680. The summed E-state index contributed by atoms with van der Waals surface area (Å²) in [7, 11) is 1.53. The van der Waals surface area contributed by atoms with Crippen molar-refractivity contribution in [2.75, 3.05) is 7.05 Å². The van der Waals surface area contributed by atoms with E-state index in [0.717, 1.165) is 41.5 Å². The molecule has 0 radical (unpaired) electrons. The summed E-state index contributed by atoms with van der Waals surface area (Å²) < 4.78 is 31.5. The standard InChI is InChI=1S/C14H16F2N4O2/c1-19(8-11-17-6-7-20(11)14(15)16)13(21)12-9-4-2-3-5-10(9)18-22-12/h6-7,14H,2-5,8H2,1H3. The van der Waals surface area contributed by atoms with Gasteiger partial charge < -0.3 is 9.42 Å². The van der Waals surface area contributed by atoms with Crippen LogP contribution in [0.2, 0.25) is 0 Å². The van der Waals surface area contributed by atoms with Gasteiger partial charge in [0.2, 0.25) is 5.76 Å². The minimum atomic E-state index is -2.68. The quantitative estimate of drug-likeness (QED) is 0.870. The van der Waals surface area contributed by atoms with Gasteiger partial charge in [-0.3, -0.25) is 9.36 Å². The number of hydrogen-bond donors (Lipinski definition) is 0. The molecule has 6 nitrogen and oxygen atoms in total. The number of carbonyl (C=O) groups excluding carboxylic acids is 1. The van der Waals surface area contributed by atoms with Gasteiger partial charge in [0, 0.05) is 25.0 Å². The summed E-state index contributed by atoms with van der Waals surface area (Å²) in [5.74, 6) is -0.0222. The Balaban J connectivity index is 1.77. The lowest BCUT2D eigenvalue weighted by Gasteiger charge is -2.17. The number of aryl methyl sites for hydroxylation is 1. The van der Waals surface area contributed by atoms with E-state index in [9.17, 15) is 13.6 Å². The van der Waals surface area contributed by atoms with Crippen molar-refractivity contribution in [2.24, 2.45) is 0 Å². The van der Waals surface area contributed by atoms with Gasteiger partial charge in [-0.1, -0.05) is 5.16 Å². The third-order valence-electron chi connectivity index (χ3n) is 3.84. The van der Waals surface area contributed by atoms with Crippen molar-refractivity contribution in [2.45, 2.75) is 38.8 Å². The maximum absolute atomic E-state index is 12.8. The minimum Gasteiger partial charge on any atom is -0.350 e. The van der Waals surface area contributed by atoms with Crippen LogP contribution in [0.1, 0.15) is 47.0 Å². The zero-order valence-corrected chi connectivity index (χ0v) is 12.1. The first-order chi connectivity index (χ1) is 10.6. The lowest BCUT2D eigenvalue weighted by Crippen LogP contribution is -2.28. The van der Waals surface area contributed by atoms with Crippen LogP contribution >= 0.6 is 0 Å². The zero-order chi connectivity index (χ0) is 15.7. The number of rotatable bonds is 4. The SMILES string of the molecule is CN(Cc1nccn1C(F)F)C(=O)c1onc2c1CCCC2. The van der Waals surface area contributed by atoms with Crippen LogP contribution in [-0.4, -0.2) is 32.6 Å². The van der Waals surface area contributed by atoms with Crippen LogP contribution in [0.5, 0.6) is 0 Å². The molecule has 0 spiro atoms. The van der Waals surface area contributed by atoms with Crippen molar-refractivity contribution in [1.82, 2.24) is 19.6 Å². The Morgan fingerprint density at radius 2 is 2.23 bits per heavy atom. The fraction of sp³-hybridized carbons (Fsp3) is 0.500. The van der Waals surface area contributed by atoms with E-state index in [4.69, 9.17) is 4.52 Å². The Kier molecular flexibility index (Phi) is 3.91. The molecule has 2 aromatic heterocycles. The van der Waals surface area contributed by atoms with E-state index in [1.807, 2.05) is 0 Å². The van der Waals surface area contributed by atoms with Crippen LogP contribution in [0.3, 0.4) is 0 Å². The van der Waals surface area contributed by atoms with Gasteiger partial charge >= 0.3 is 6.55 Å². The largest absolute Gasteiger partial charge is 0.350 e. The van der Waals surface area contributed by atoms with Crippen LogP contribution in [0.25, 0.3) is 0 Å². The van der Waals surface area contributed by atoms with Crippen molar-refractivity contribution >= 4 is 5.91 Å². The summed E-state index contributed by atoms with van der Waals surface area (Å²) in [4.78, 5) is 17.6.